The van der Waals surface area contributed by atoms with Crippen LogP contribution in [0.5, 0.6) is 5.88 Å². The summed E-state index contributed by atoms with van der Waals surface area (Å²) in [5.74, 6) is -2.94. The molecular weight excluding hydrogens is 627 g/mol. The van der Waals surface area contributed by atoms with Gasteiger partial charge in [-0.15, -0.1) is 0 Å². The number of aromatic nitrogens is 3. The number of methoxy groups -OCH3 is 1. The number of likely N-dealkylation sites (tertiary alicyclic amines) is 1. The average Bonchev–Trinajstić information content (AvgIpc) is 3.38. The van der Waals surface area contributed by atoms with Gasteiger partial charge >= 0.3 is 5.97 Å². The van der Waals surface area contributed by atoms with E-state index in [-0.39, 0.29) is 64.9 Å². The number of fused-ring (bicyclic) bond motifs is 1. The van der Waals surface area contributed by atoms with Gasteiger partial charge in [0.25, 0.3) is 0 Å². The molecule has 0 radical (unpaired) electrons. The van der Waals surface area contributed by atoms with E-state index in [2.05, 4.69) is 9.97 Å². The number of hydrogen-bond donors (Lipinski definition) is 1. The van der Waals surface area contributed by atoms with E-state index in [1.807, 2.05) is 6.07 Å². The highest BCUT2D eigenvalue weighted by Crippen LogP contribution is 2.32. The van der Waals surface area contributed by atoms with Gasteiger partial charge in [0.05, 0.1) is 53.6 Å². The van der Waals surface area contributed by atoms with Crippen LogP contribution in [0.4, 0.5) is 13.2 Å². The Bertz CT molecular complexity index is 2120. The number of hydrogen-bond acceptors (Lipinski definition) is 7. The van der Waals surface area contributed by atoms with Crippen LogP contribution in [0.25, 0.3) is 22.3 Å². The van der Waals surface area contributed by atoms with E-state index < -0.39 is 29.0 Å². The van der Waals surface area contributed by atoms with Crippen molar-refractivity contribution in [3.05, 3.63) is 112 Å². The molecule has 13 heteroatoms. The molecule has 1 fully saturated rings. The molecular formula is C35H28F3N5O5. The van der Waals surface area contributed by atoms with Crippen LogP contribution in [0.1, 0.15) is 39.8 Å². The lowest BCUT2D eigenvalue weighted by molar-refractivity contribution is -0.163. The molecule has 0 atom stereocenters. The number of rotatable bonds is 10. The maximum absolute atomic E-state index is 15.7. The molecule has 5 aromatic rings. The monoisotopic (exact) mass is 655 g/mol. The third-order valence-electron chi connectivity index (χ3n) is 8.40. The molecule has 0 spiro atoms. The first kappa shape index (κ1) is 32.2. The van der Waals surface area contributed by atoms with E-state index in [4.69, 9.17) is 14.7 Å². The van der Waals surface area contributed by atoms with Gasteiger partial charge in [-0.05, 0) is 54.1 Å². The number of nitriles is 1. The standard InChI is InChI=1S/C35H28F3N5O5/c1-20(44)42-17-35(18-42,47-2)19-43-31-12-22(34(45)46)8-9-30(31)40-32(43)13-24-11-28(38)25(14-27(24)37)29-4-3-5-33(41-29)48-16-23-7-6-21(15-39)10-26(23)36/h3-12,14H,13,16-19H2,1-2H3,(H,45,46). The molecule has 48 heavy (non-hydrogen) atoms. The highest BCUT2D eigenvalue weighted by Gasteiger charge is 2.45. The molecule has 1 aliphatic heterocycles. The Hall–Kier alpha value is -5.74. The molecule has 0 bridgehead atoms. The number of benzene rings is 3. The minimum Gasteiger partial charge on any atom is -0.478 e. The Kier molecular flexibility index (Phi) is 8.59. The van der Waals surface area contributed by atoms with Crippen LogP contribution in [0.2, 0.25) is 0 Å². The van der Waals surface area contributed by atoms with Crippen molar-refractivity contribution in [2.45, 2.75) is 32.1 Å². The zero-order valence-electron chi connectivity index (χ0n) is 25.8. The molecule has 1 N–H and O–H groups in total. The number of carbonyl (C=O) groups excluding carboxylic acids is 1. The van der Waals surface area contributed by atoms with Gasteiger partial charge in [-0.3, -0.25) is 4.79 Å². The van der Waals surface area contributed by atoms with Gasteiger partial charge in [0.2, 0.25) is 11.8 Å². The number of pyridine rings is 1. The largest absolute Gasteiger partial charge is 0.478 e. The first-order valence-electron chi connectivity index (χ1n) is 14.8. The Balaban J connectivity index is 1.28. The Morgan fingerprint density at radius 3 is 2.44 bits per heavy atom. The normalized spacial score (nSPS) is 13.6. The van der Waals surface area contributed by atoms with Crippen molar-refractivity contribution in [1.82, 2.24) is 19.4 Å². The summed E-state index contributed by atoms with van der Waals surface area (Å²) in [5.41, 5.74) is 0.506. The molecule has 3 heterocycles. The quantitative estimate of drug-likeness (QED) is 0.209. The maximum Gasteiger partial charge on any atom is 0.335 e. The van der Waals surface area contributed by atoms with E-state index in [9.17, 15) is 19.1 Å². The lowest BCUT2D eigenvalue weighted by atomic mass is 9.93. The van der Waals surface area contributed by atoms with Crippen molar-refractivity contribution in [2.75, 3.05) is 20.2 Å². The van der Waals surface area contributed by atoms with E-state index >= 15 is 8.78 Å². The first-order chi connectivity index (χ1) is 23.0. The Morgan fingerprint density at radius 2 is 1.75 bits per heavy atom. The smallest absolute Gasteiger partial charge is 0.335 e. The highest BCUT2D eigenvalue weighted by atomic mass is 19.1. The second-order valence-corrected chi connectivity index (χ2v) is 11.6. The number of ether oxygens (including phenoxy) is 2. The van der Waals surface area contributed by atoms with Crippen LogP contribution in [0, 0.1) is 28.8 Å². The van der Waals surface area contributed by atoms with Crippen LogP contribution in [-0.2, 0) is 29.1 Å². The van der Waals surface area contributed by atoms with Gasteiger partial charge < -0.3 is 24.0 Å². The number of nitrogens with zero attached hydrogens (tertiary/aromatic N) is 5. The SMILES string of the molecule is COC1(Cn2c(Cc3cc(F)c(-c4cccc(OCc5ccc(C#N)cc5F)n4)cc3F)nc3ccc(C(=O)O)cc32)CN(C(C)=O)C1. The maximum atomic E-state index is 15.7. The summed E-state index contributed by atoms with van der Waals surface area (Å²) in [5, 5.41) is 18.5. The van der Waals surface area contributed by atoms with Gasteiger partial charge in [0.15, 0.2) is 0 Å². The highest BCUT2D eigenvalue weighted by molar-refractivity contribution is 5.92. The summed E-state index contributed by atoms with van der Waals surface area (Å²) in [7, 11) is 1.52. The minimum atomic E-state index is -1.13. The summed E-state index contributed by atoms with van der Waals surface area (Å²) in [4.78, 5) is 34.2. The molecule has 6 rings (SSSR count). The molecule has 244 valence electrons. The summed E-state index contributed by atoms with van der Waals surface area (Å²) < 4.78 is 58.7. The third-order valence-corrected chi connectivity index (χ3v) is 8.40. The van der Waals surface area contributed by atoms with Crippen LogP contribution in [0.15, 0.2) is 66.7 Å². The van der Waals surface area contributed by atoms with Gasteiger partial charge in [0.1, 0.15) is 35.5 Å². The number of aromatic carboxylic acids is 1. The molecule has 0 aliphatic carbocycles. The number of imidazole rings is 1. The van der Waals surface area contributed by atoms with Crippen LogP contribution in [0.3, 0.4) is 0 Å². The predicted molar refractivity (Wildman–Crippen MR) is 167 cm³/mol. The van der Waals surface area contributed by atoms with Crippen molar-refractivity contribution in [3.63, 3.8) is 0 Å². The summed E-state index contributed by atoms with van der Waals surface area (Å²) >= 11 is 0. The van der Waals surface area contributed by atoms with Gasteiger partial charge in [-0.25, -0.2) is 27.9 Å². The minimum absolute atomic E-state index is 0.000369. The van der Waals surface area contributed by atoms with Crippen molar-refractivity contribution < 1.29 is 37.3 Å². The molecule has 1 aliphatic rings. The van der Waals surface area contributed by atoms with E-state index in [1.165, 1.54) is 50.4 Å². The molecule has 2 aromatic heterocycles. The zero-order chi connectivity index (χ0) is 34.2. The lowest BCUT2D eigenvalue weighted by Crippen LogP contribution is -2.65. The number of carboxylic acid groups (broad SMARTS) is 1. The zero-order valence-corrected chi connectivity index (χ0v) is 25.8. The number of carbonyl (C=O) groups is 2. The van der Waals surface area contributed by atoms with Crippen molar-refractivity contribution >= 4 is 22.9 Å². The van der Waals surface area contributed by atoms with Crippen molar-refractivity contribution in [1.29, 1.82) is 5.26 Å². The average molecular weight is 656 g/mol. The molecule has 0 unspecified atom stereocenters. The summed E-state index contributed by atoms with van der Waals surface area (Å²) in [6.45, 7) is 2.04. The number of amides is 1. The fourth-order valence-electron chi connectivity index (χ4n) is 5.69. The van der Waals surface area contributed by atoms with E-state index in [1.54, 1.807) is 21.6 Å². The van der Waals surface area contributed by atoms with Gasteiger partial charge in [0, 0.05) is 37.6 Å². The second kappa shape index (κ2) is 12.8. The Labute approximate surface area is 272 Å². The second-order valence-electron chi connectivity index (χ2n) is 11.6. The fourth-order valence-corrected chi connectivity index (χ4v) is 5.69. The van der Waals surface area contributed by atoms with Crippen molar-refractivity contribution in [2.24, 2.45) is 0 Å². The molecule has 1 saturated heterocycles. The predicted octanol–water partition coefficient (Wildman–Crippen LogP) is 5.50. The lowest BCUT2D eigenvalue weighted by Gasteiger charge is -2.49. The molecule has 3 aromatic carbocycles. The Morgan fingerprint density at radius 1 is 0.979 bits per heavy atom. The molecule has 0 saturated carbocycles. The summed E-state index contributed by atoms with van der Waals surface area (Å²) in [6, 6.07) is 16.9. The van der Waals surface area contributed by atoms with Gasteiger partial charge in [-0.2, -0.15) is 5.26 Å². The van der Waals surface area contributed by atoms with Crippen LogP contribution in [-0.4, -0.2) is 62.2 Å². The van der Waals surface area contributed by atoms with Crippen LogP contribution >= 0.6 is 0 Å². The third kappa shape index (κ3) is 6.30. The first-order valence-corrected chi connectivity index (χ1v) is 14.8. The van der Waals surface area contributed by atoms with Gasteiger partial charge in [-0.1, -0.05) is 12.1 Å². The fraction of sp³-hybridized carbons (Fsp3) is 0.229. The number of halogens is 3. The topological polar surface area (TPSA) is 131 Å². The molecule has 1 amide bonds. The summed E-state index contributed by atoms with van der Waals surface area (Å²) in [6.07, 6.45) is -0.136. The van der Waals surface area contributed by atoms with Crippen molar-refractivity contribution in [3.8, 4) is 23.2 Å². The molecule has 10 nitrogen and oxygen atoms in total. The van der Waals surface area contributed by atoms with E-state index in [0.717, 1.165) is 18.2 Å². The van der Waals surface area contributed by atoms with Crippen LogP contribution < -0.4 is 4.74 Å². The number of carboxylic acids is 1. The van der Waals surface area contributed by atoms with E-state index in [0.29, 0.717) is 29.9 Å².